The predicted molar refractivity (Wildman–Crippen MR) is 75.5 cm³/mol. The van der Waals surface area contributed by atoms with E-state index >= 15 is 0 Å². The van der Waals surface area contributed by atoms with Crippen LogP contribution in [0.1, 0.15) is 26.2 Å². The molecule has 1 N–H and O–H groups in total. The summed E-state index contributed by atoms with van der Waals surface area (Å²) in [4.78, 5) is 26.4. The van der Waals surface area contributed by atoms with Gasteiger partial charge >= 0.3 is 5.97 Å². The van der Waals surface area contributed by atoms with Crippen molar-refractivity contribution >= 4 is 11.9 Å². The Morgan fingerprint density at radius 3 is 2.40 bits per heavy atom. The van der Waals surface area contributed by atoms with Crippen molar-refractivity contribution in [2.75, 3.05) is 40.3 Å². The average Bonchev–Trinajstić information content (AvgIpc) is 2.31. The first-order valence-electron chi connectivity index (χ1n) is 7.18. The number of amides is 1. The van der Waals surface area contributed by atoms with E-state index in [-0.39, 0.29) is 18.6 Å². The minimum atomic E-state index is -0.960. The molecule has 6 nitrogen and oxygen atoms in total. The van der Waals surface area contributed by atoms with Crippen LogP contribution in [0.3, 0.4) is 0 Å². The van der Waals surface area contributed by atoms with E-state index in [2.05, 4.69) is 0 Å². The molecule has 1 rings (SSSR count). The molecule has 0 aromatic heterocycles. The minimum absolute atomic E-state index is 0.0609. The second-order valence-corrected chi connectivity index (χ2v) is 5.63. The highest BCUT2D eigenvalue weighted by Crippen LogP contribution is 2.33. The predicted octanol–water partition coefficient (Wildman–Crippen LogP) is 0.666. The smallest absolute Gasteiger partial charge is 0.323 e. The molecule has 1 amide bonds. The minimum Gasteiger partial charge on any atom is -0.480 e. The molecule has 1 aliphatic rings. The second kappa shape index (κ2) is 8.21. The number of likely N-dealkylation sites (N-methyl/N-ethyl adjacent to an activating group) is 1. The largest absolute Gasteiger partial charge is 0.480 e. The topological polar surface area (TPSA) is 70.1 Å². The maximum Gasteiger partial charge on any atom is 0.323 e. The molecule has 6 heteroatoms. The van der Waals surface area contributed by atoms with Gasteiger partial charge in [0.1, 0.15) is 6.54 Å². The summed E-state index contributed by atoms with van der Waals surface area (Å²) in [5, 5.41) is 8.89. The highest BCUT2D eigenvalue weighted by atomic mass is 16.5. The third kappa shape index (κ3) is 5.88. The Bertz CT molecular complexity index is 327. The normalized spacial score (nSPS) is 21.6. The Balaban J connectivity index is 2.37. The molecule has 0 aromatic carbocycles. The lowest BCUT2D eigenvalue weighted by atomic mass is 9.79. The molecule has 0 aromatic rings. The SMILES string of the molecule is CCOC1CC(CC(=O)N(CCN(C)C)CC(=O)O)C1. The van der Waals surface area contributed by atoms with Crippen molar-refractivity contribution in [3.63, 3.8) is 0 Å². The van der Waals surface area contributed by atoms with Gasteiger partial charge in [0.25, 0.3) is 0 Å². The van der Waals surface area contributed by atoms with Gasteiger partial charge in [0.2, 0.25) is 5.91 Å². The van der Waals surface area contributed by atoms with Crippen LogP contribution >= 0.6 is 0 Å². The third-order valence-corrected chi connectivity index (χ3v) is 3.55. The molecular weight excluding hydrogens is 260 g/mol. The summed E-state index contributed by atoms with van der Waals surface area (Å²) in [5.41, 5.74) is 0. The van der Waals surface area contributed by atoms with Crippen LogP contribution in [-0.2, 0) is 14.3 Å². The lowest BCUT2D eigenvalue weighted by Crippen LogP contribution is -2.42. The summed E-state index contributed by atoms with van der Waals surface area (Å²) in [7, 11) is 3.81. The Labute approximate surface area is 120 Å². The van der Waals surface area contributed by atoms with Gasteiger partial charge in [-0.25, -0.2) is 0 Å². The van der Waals surface area contributed by atoms with E-state index in [1.54, 1.807) is 0 Å². The number of aliphatic carboxylic acids is 1. The Morgan fingerprint density at radius 1 is 1.25 bits per heavy atom. The molecule has 0 saturated heterocycles. The Morgan fingerprint density at radius 2 is 1.90 bits per heavy atom. The number of carboxylic acid groups (broad SMARTS) is 1. The number of carbonyl (C=O) groups is 2. The van der Waals surface area contributed by atoms with Gasteiger partial charge in [-0.2, -0.15) is 0 Å². The maximum absolute atomic E-state index is 12.2. The van der Waals surface area contributed by atoms with Crippen LogP contribution in [0.5, 0.6) is 0 Å². The lowest BCUT2D eigenvalue weighted by molar-refractivity contribution is -0.145. The van der Waals surface area contributed by atoms with Gasteiger partial charge in [-0.15, -0.1) is 0 Å². The summed E-state index contributed by atoms with van der Waals surface area (Å²) in [6, 6.07) is 0. The number of carboxylic acids is 1. The van der Waals surface area contributed by atoms with Crippen LogP contribution in [-0.4, -0.2) is 73.2 Å². The summed E-state index contributed by atoms with van der Waals surface area (Å²) in [6.45, 7) is 3.59. The first-order chi connectivity index (χ1) is 9.42. The number of carbonyl (C=O) groups excluding carboxylic acids is 1. The van der Waals surface area contributed by atoms with E-state index in [0.717, 1.165) is 12.8 Å². The van der Waals surface area contributed by atoms with E-state index in [1.807, 2.05) is 25.9 Å². The quantitative estimate of drug-likeness (QED) is 0.674. The van der Waals surface area contributed by atoms with Gasteiger partial charge in [0.15, 0.2) is 0 Å². The highest BCUT2D eigenvalue weighted by molar-refractivity contribution is 5.81. The summed E-state index contributed by atoms with van der Waals surface area (Å²) < 4.78 is 5.47. The first kappa shape index (κ1) is 16.9. The van der Waals surface area contributed by atoms with Gasteiger partial charge in [0, 0.05) is 26.1 Å². The van der Waals surface area contributed by atoms with Crippen molar-refractivity contribution in [1.82, 2.24) is 9.80 Å². The number of ether oxygens (including phenoxy) is 1. The van der Waals surface area contributed by atoms with Crippen LogP contribution in [0, 0.1) is 5.92 Å². The Kier molecular flexibility index (Phi) is 6.95. The van der Waals surface area contributed by atoms with E-state index in [4.69, 9.17) is 9.84 Å². The fraction of sp³-hybridized carbons (Fsp3) is 0.857. The van der Waals surface area contributed by atoms with Gasteiger partial charge in [-0.05, 0) is 39.8 Å². The molecule has 1 saturated carbocycles. The van der Waals surface area contributed by atoms with E-state index in [0.29, 0.717) is 32.0 Å². The van der Waals surface area contributed by atoms with Crippen LogP contribution < -0.4 is 0 Å². The van der Waals surface area contributed by atoms with Crippen LogP contribution in [0.4, 0.5) is 0 Å². The summed E-state index contributed by atoms with van der Waals surface area (Å²) in [5.74, 6) is -0.679. The van der Waals surface area contributed by atoms with Crippen molar-refractivity contribution in [1.29, 1.82) is 0 Å². The molecule has 116 valence electrons. The van der Waals surface area contributed by atoms with Crippen LogP contribution in [0.2, 0.25) is 0 Å². The monoisotopic (exact) mass is 286 g/mol. The number of hydrogen-bond donors (Lipinski definition) is 1. The summed E-state index contributed by atoms with van der Waals surface area (Å²) in [6.07, 6.45) is 2.54. The Hall–Kier alpha value is -1.14. The number of rotatable bonds is 9. The number of nitrogens with zero attached hydrogens (tertiary/aromatic N) is 2. The van der Waals surface area contributed by atoms with Gasteiger partial charge < -0.3 is 19.6 Å². The molecule has 0 atom stereocenters. The fourth-order valence-electron chi connectivity index (χ4n) is 2.36. The van der Waals surface area contributed by atoms with Crippen LogP contribution in [0.25, 0.3) is 0 Å². The molecule has 0 aliphatic heterocycles. The first-order valence-corrected chi connectivity index (χ1v) is 7.18. The van der Waals surface area contributed by atoms with E-state index in [1.165, 1.54) is 4.90 Å². The molecule has 0 heterocycles. The molecule has 0 radical (unpaired) electrons. The highest BCUT2D eigenvalue weighted by Gasteiger charge is 2.32. The zero-order valence-electron chi connectivity index (χ0n) is 12.7. The summed E-state index contributed by atoms with van der Waals surface area (Å²) >= 11 is 0. The molecule has 1 aliphatic carbocycles. The van der Waals surface area contributed by atoms with Gasteiger partial charge in [-0.3, -0.25) is 9.59 Å². The fourth-order valence-corrected chi connectivity index (χ4v) is 2.36. The molecule has 20 heavy (non-hydrogen) atoms. The third-order valence-electron chi connectivity index (χ3n) is 3.55. The average molecular weight is 286 g/mol. The zero-order chi connectivity index (χ0) is 15.1. The molecular formula is C14H26N2O4. The lowest BCUT2D eigenvalue weighted by Gasteiger charge is -2.35. The van der Waals surface area contributed by atoms with E-state index < -0.39 is 5.97 Å². The van der Waals surface area contributed by atoms with Crippen molar-refractivity contribution in [2.45, 2.75) is 32.3 Å². The molecule has 1 fully saturated rings. The second-order valence-electron chi connectivity index (χ2n) is 5.63. The molecule has 0 unspecified atom stereocenters. The van der Waals surface area contributed by atoms with Gasteiger partial charge in [0.05, 0.1) is 6.10 Å². The standard InChI is InChI=1S/C14H26N2O4/c1-4-20-12-7-11(8-12)9-13(17)16(10-14(18)19)6-5-15(2)3/h11-12H,4-10H2,1-3H3,(H,18,19). The maximum atomic E-state index is 12.2. The van der Waals surface area contributed by atoms with Crippen molar-refractivity contribution in [2.24, 2.45) is 5.92 Å². The van der Waals surface area contributed by atoms with Crippen molar-refractivity contribution in [3.8, 4) is 0 Å². The zero-order valence-corrected chi connectivity index (χ0v) is 12.7. The van der Waals surface area contributed by atoms with Crippen molar-refractivity contribution in [3.05, 3.63) is 0 Å². The van der Waals surface area contributed by atoms with E-state index in [9.17, 15) is 9.59 Å². The molecule has 0 spiro atoms. The van der Waals surface area contributed by atoms with Gasteiger partial charge in [-0.1, -0.05) is 0 Å². The number of hydrogen-bond acceptors (Lipinski definition) is 4. The van der Waals surface area contributed by atoms with Crippen molar-refractivity contribution < 1.29 is 19.4 Å². The van der Waals surface area contributed by atoms with Crippen LogP contribution in [0.15, 0.2) is 0 Å². The molecule has 0 bridgehead atoms.